The molecule has 1 atom stereocenters. The highest BCUT2D eigenvalue weighted by Crippen LogP contribution is 2.30. The molecular weight excluding hydrogens is 445 g/mol. The lowest BCUT2D eigenvalue weighted by atomic mass is 10.1. The zero-order valence-electron chi connectivity index (χ0n) is 17.6. The van der Waals surface area contributed by atoms with Crippen molar-refractivity contribution in [2.75, 3.05) is 7.11 Å². The van der Waals surface area contributed by atoms with E-state index in [-0.39, 0.29) is 24.3 Å². The molecular formula is C24H20FN3O4S. The Morgan fingerprint density at radius 2 is 1.85 bits per heavy atom. The van der Waals surface area contributed by atoms with Gasteiger partial charge in [0.05, 0.1) is 12.5 Å². The van der Waals surface area contributed by atoms with Crippen molar-refractivity contribution in [3.8, 4) is 16.9 Å². The fraction of sp³-hybridized carbons (Fsp3) is 0.167. The van der Waals surface area contributed by atoms with Crippen molar-refractivity contribution >= 4 is 28.6 Å². The highest BCUT2D eigenvalue weighted by atomic mass is 32.2. The summed E-state index contributed by atoms with van der Waals surface area (Å²) in [6, 6.07) is 18.8. The Kier molecular flexibility index (Phi) is 6.69. The molecule has 1 heterocycles. The molecule has 4 aromatic rings. The lowest BCUT2D eigenvalue weighted by Gasteiger charge is -2.13. The Labute approximate surface area is 192 Å². The number of aryl methyl sites for hydroxylation is 1. The normalized spacial score (nSPS) is 11.9. The maximum atomic E-state index is 14.0. The molecule has 0 bridgehead atoms. The van der Waals surface area contributed by atoms with Gasteiger partial charge in [-0.2, -0.15) is 0 Å². The summed E-state index contributed by atoms with van der Waals surface area (Å²) in [4.78, 5) is 25.1. The summed E-state index contributed by atoms with van der Waals surface area (Å²) in [6.45, 7) is 0.129. The summed E-state index contributed by atoms with van der Waals surface area (Å²) in [5.74, 6) is -1.26. The van der Waals surface area contributed by atoms with Gasteiger partial charge in [-0.1, -0.05) is 35.5 Å². The average Bonchev–Trinajstić information content (AvgIpc) is 2.83. The molecule has 1 N–H and O–H groups in total. The lowest BCUT2D eigenvalue weighted by molar-refractivity contribution is -0.136. The minimum atomic E-state index is -0.983. The van der Waals surface area contributed by atoms with Gasteiger partial charge in [0.25, 0.3) is 5.56 Å². The molecule has 0 amide bonds. The van der Waals surface area contributed by atoms with E-state index in [1.165, 1.54) is 29.6 Å². The fourth-order valence-corrected chi connectivity index (χ4v) is 4.32. The molecule has 7 nitrogen and oxygen atoms in total. The van der Waals surface area contributed by atoms with E-state index >= 15 is 0 Å². The largest absolute Gasteiger partial charge is 0.494 e. The molecule has 33 heavy (non-hydrogen) atoms. The molecule has 1 unspecified atom stereocenters. The smallest absolute Gasteiger partial charge is 0.317 e. The van der Waals surface area contributed by atoms with Gasteiger partial charge in [-0.25, -0.2) is 9.07 Å². The van der Waals surface area contributed by atoms with Gasteiger partial charge in [-0.3, -0.25) is 9.59 Å². The summed E-state index contributed by atoms with van der Waals surface area (Å²) in [6.07, 6.45) is 0.193. The number of ether oxygens (including phenoxy) is 1. The number of carboxylic acids is 1. The summed E-state index contributed by atoms with van der Waals surface area (Å²) in [5, 5.41) is 17.3. The monoisotopic (exact) mass is 465 g/mol. The van der Waals surface area contributed by atoms with E-state index < -0.39 is 17.0 Å². The van der Waals surface area contributed by atoms with Crippen LogP contribution in [0, 0.1) is 5.82 Å². The second kappa shape index (κ2) is 9.83. The van der Waals surface area contributed by atoms with Crippen LogP contribution in [0.15, 0.2) is 76.4 Å². The van der Waals surface area contributed by atoms with Crippen LogP contribution < -0.4 is 10.3 Å². The van der Waals surface area contributed by atoms with Gasteiger partial charge in [-0.05, 0) is 53.9 Å². The standard InChI is InChI=1S/C24H20FN3O4S/c1-32-21-11-8-16(14-19(21)25)15-6-9-17(10-7-15)33-22(24(30)31)12-13-28-23(29)18-4-2-3-5-20(18)26-27-28/h2-11,14,22H,12-13H2,1H3,(H,30,31). The van der Waals surface area contributed by atoms with Crippen LogP contribution in [-0.2, 0) is 11.3 Å². The van der Waals surface area contributed by atoms with E-state index in [1.54, 1.807) is 48.5 Å². The van der Waals surface area contributed by atoms with Gasteiger partial charge in [-0.15, -0.1) is 16.9 Å². The molecule has 0 spiro atoms. The topological polar surface area (TPSA) is 94.3 Å². The van der Waals surface area contributed by atoms with Crippen molar-refractivity contribution in [1.29, 1.82) is 0 Å². The van der Waals surface area contributed by atoms with E-state index in [0.29, 0.717) is 16.5 Å². The molecule has 0 saturated heterocycles. The number of halogens is 1. The van der Waals surface area contributed by atoms with E-state index in [4.69, 9.17) is 4.74 Å². The number of hydrogen-bond donors (Lipinski definition) is 1. The van der Waals surface area contributed by atoms with Gasteiger partial charge in [0, 0.05) is 11.4 Å². The molecule has 0 aliphatic heterocycles. The molecule has 9 heteroatoms. The molecule has 3 aromatic carbocycles. The van der Waals surface area contributed by atoms with Crippen LogP contribution in [0.25, 0.3) is 22.0 Å². The van der Waals surface area contributed by atoms with Gasteiger partial charge in [0.1, 0.15) is 10.8 Å². The van der Waals surface area contributed by atoms with Crippen molar-refractivity contribution in [3.05, 3.63) is 82.9 Å². The number of thioether (sulfide) groups is 1. The first-order valence-corrected chi connectivity index (χ1v) is 11.0. The summed E-state index contributed by atoms with van der Waals surface area (Å²) in [5.41, 5.74) is 1.69. The number of nitrogens with zero attached hydrogens (tertiary/aromatic N) is 3. The van der Waals surface area contributed by atoms with Gasteiger partial charge in [0.15, 0.2) is 11.6 Å². The number of aliphatic carboxylic acids is 1. The second-order valence-electron chi connectivity index (χ2n) is 7.24. The number of benzene rings is 3. The number of carbonyl (C=O) groups is 1. The third-order valence-corrected chi connectivity index (χ3v) is 6.39. The van der Waals surface area contributed by atoms with Crippen LogP contribution in [0.1, 0.15) is 6.42 Å². The Hall–Kier alpha value is -3.72. The highest BCUT2D eigenvalue weighted by molar-refractivity contribution is 8.00. The number of hydrogen-bond acceptors (Lipinski definition) is 6. The number of methoxy groups -OCH3 is 1. The number of aromatic nitrogens is 3. The van der Waals surface area contributed by atoms with Gasteiger partial charge in [0.2, 0.25) is 0 Å². The maximum Gasteiger partial charge on any atom is 0.317 e. The average molecular weight is 466 g/mol. The van der Waals surface area contributed by atoms with Crippen LogP contribution in [0.5, 0.6) is 5.75 Å². The Bertz CT molecular complexity index is 1360. The number of rotatable bonds is 8. The van der Waals surface area contributed by atoms with E-state index in [0.717, 1.165) is 10.5 Å². The van der Waals surface area contributed by atoms with Crippen LogP contribution in [-0.4, -0.2) is 38.4 Å². The van der Waals surface area contributed by atoms with Crippen molar-refractivity contribution in [2.24, 2.45) is 0 Å². The van der Waals surface area contributed by atoms with Crippen LogP contribution in [0.3, 0.4) is 0 Å². The predicted octanol–water partition coefficient (Wildman–Crippen LogP) is 4.24. The molecule has 0 aliphatic carbocycles. The van der Waals surface area contributed by atoms with Crippen molar-refractivity contribution in [3.63, 3.8) is 0 Å². The molecule has 168 valence electrons. The van der Waals surface area contributed by atoms with E-state index in [2.05, 4.69) is 10.3 Å². The van der Waals surface area contributed by atoms with Crippen molar-refractivity contribution in [2.45, 2.75) is 23.1 Å². The molecule has 1 aromatic heterocycles. The first-order valence-electron chi connectivity index (χ1n) is 10.1. The Balaban J connectivity index is 1.46. The van der Waals surface area contributed by atoms with Crippen LogP contribution in [0.2, 0.25) is 0 Å². The van der Waals surface area contributed by atoms with E-state index in [9.17, 15) is 19.1 Å². The van der Waals surface area contributed by atoms with Gasteiger partial charge >= 0.3 is 5.97 Å². The Morgan fingerprint density at radius 1 is 1.12 bits per heavy atom. The SMILES string of the molecule is COc1ccc(-c2ccc(SC(CCn3nnc4ccccc4c3=O)C(=O)O)cc2)cc1F. The molecule has 0 aliphatic rings. The zero-order valence-corrected chi connectivity index (χ0v) is 18.5. The summed E-state index contributed by atoms with van der Waals surface area (Å²) in [7, 11) is 1.41. The van der Waals surface area contributed by atoms with Crippen molar-refractivity contribution in [1.82, 2.24) is 15.0 Å². The van der Waals surface area contributed by atoms with Crippen LogP contribution in [0.4, 0.5) is 4.39 Å². The van der Waals surface area contributed by atoms with Gasteiger partial charge < -0.3 is 9.84 Å². The number of carboxylic acid groups (broad SMARTS) is 1. The first-order chi connectivity index (χ1) is 16.0. The minimum absolute atomic E-state index is 0.129. The third kappa shape index (κ3) is 5.04. The van der Waals surface area contributed by atoms with Crippen LogP contribution >= 0.6 is 11.8 Å². The van der Waals surface area contributed by atoms with Crippen molar-refractivity contribution < 1.29 is 19.0 Å². The Morgan fingerprint density at radius 3 is 2.55 bits per heavy atom. The lowest BCUT2D eigenvalue weighted by Crippen LogP contribution is -2.27. The highest BCUT2D eigenvalue weighted by Gasteiger charge is 2.20. The van der Waals surface area contributed by atoms with E-state index in [1.807, 2.05) is 12.1 Å². The number of fused-ring (bicyclic) bond motifs is 1. The first kappa shape index (κ1) is 22.5. The summed E-state index contributed by atoms with van der Waals surface area (Å²) < 4.78 is 20.1. The fourth-order valence-electron chi connectivity index (χ4n) is 3.38. The maximum absolute atomic E-state index is 14.0. The molecule has 0 radical (unpaired) electrons. The third-order valence-electron chi connectivity index (χ3n) is 5.13. The molecule has 4 rings (SSSR count). The zero-order chi connectivity index (χ0) is 23.4. The molecule has 0 fully saturated rings. The minimum Gasteiger partial charge on any atom is -0.494 e. The second-order valence-corrected chi connectivity index (χ2v) is 8.52. The quantitative estimate of drug-likeness (QED) is 0.389. The summed E-state index contributed by atoms with van der Waals surface area (Å²) >= 11 is 1.18. The predicted molar refractivity (Wildman–Crippen MR) is 124 cm³/mol. The molecule has 0 saturated carbocycles.